The molecule has 8 nitrogen and oxygen atoms in total. The lowest BCUT2D eigenvalue weighted by Gasteiger charge is -1.98. The third-order valence-corrected chi connectivity index (χ3v) is 2.87. The van der Waals surface area contributed by atoms with Gasteiger partial charge in [0.05, 0.1) is 19.3 Å². The Labute approximate surface area is 119 Å². The number of nitrogens with one attached hydrogen (secondary N) is 1. The minimum atomic E-state index is -0.233. The first-order valence-corrected chi connectivity index (χ1v) is 6.45. The van der Waals surface area contributed by atoms with Gasteiger partial charge in [-0.25, -0.2) is 9.67 Å². The molecule has 0 spiro atoms. The maximum absolute atomic E-state index is 11.1. The molecular weight excluding hydrogens is 272 g/mol. The van der Waals surface area contributed by atoms with Gasteiger partial charge < -0.3 is 15.5 Å². The summed E-state index contributed by atoms with van der Waals surface area (Å²) in [4.78, 5) is 15.4. The van der Waals surface area contributed by atoms with Gasteiger partial charge in [-0.1, -0.05) is 17.3 Å². The van der Waals surface area contributed by atoms with Crippen molar-refractivity contribution >= 4 is 17.0 Å². The van der Waals surface area contributed by atoms with Crippen LogP contribution in [0.2, 0.25) is 0 Å². The van der Waals surface area contributed by atoms with E-state index < -0.39 is 0 Å². The van der Waals surface area contributed by atoms with Crippen molar-refractivity contribution in [3.63, 3.8) is 0 Å². The fraction of sp³-hybridized carbons (Fsp3) is 0.231. The van der Waals surface area contributed by atoms with Crippen LogP contribution in [0.4, 0.5) is 0 Å². The third-order valence-electron chi connectivity index (χ3n) is 2.87. The van der Waals surface area contributed by atoms with Crippen LogP contribution < -0.4 is 11.1 Å². The van der Waals surface area contributed by atoms with Gasteiger partial charge in [0.1, 0.15) is 17.8 Å². The van der Waals surface area contributed by atoms with E-state index in [-0.39, 0.29) is 12.5 Å². The van der Waals surface area contributed by atoms with Gasteiger partial charge in [0, 0.05) is 0 Å². The molecule has 2 heterocycles. The molecule has 3 aromatic rings. The number of hydrogen-bond acceptors (Lipinski definition) is 6. The van der Waals surface area contributed by atoms with E-state index in [0.717, 1.165) is 11.1 Å². The van der Waals surface area contributed by atoms with Gasteiger partial charge in [-0.3, -0.25) is 4.79 Å². The second kappa shape index (κ2) is 5.71. The van der Waals surface area contributed by atoms with Crippen LogP contribution in [0.3, 0.4) is 0 Å². The summed E-state index contributed by atoms with van der Waals surface area (Å²) in [7, 11) is 0. The molecule has 0 bridgehead atoms. The Morgan fingerprint density at radius 1 is 1.38 bits per heavy atom. The van der Waals surface area contributed by atoms with Crippen LogP contribution in [0.15, 0.2) is 34.9 Å². The van der Waals surface area contributed by atoms with E-state index in [1.807, 2.05) is 24.3 Å². The lowest BCUT2D eigenvalue weighted by atomic mass is 10.3. The van der Waals surface area contributed by atoms with E-state index in [9.17, 15) is 4.79 Å². The SMILES string of the molecule is NCC(=O)NCc1cn(Cc2nc3ccccc3o2)nn1. The van der Waals surface area contributed by atoms with E-state index in [2.05, 4.69) is 20.6 Å². The molecule has 108 valence electrons. The molecule has 8 heteroatoms. The second-order valence-electron chi connectivity index (χ2n) is 4.46. The van der Waals surface area contributed by atoms with Gasteiger partial charge in [-0.05, 0) is 12.1 Å². The molecule has 0 aliphatic carbocycles. The first-order valence-electron chi connectivity index (χ1n) is 6.45. The van der Waals surface area contributed by atoms with Gasteiger partial charge >= 0.3 is 0 Å². The fourth-order valence-corrected chi connectivity index (χ4v) is 1.88. The van der Waals surface area contributed by atoms with Crippen molar-refractivity contribution in [2.24, 2.45) is 5.73 Å². The Balaban J connectivity index is 1.67. The molecule has 0 saturated carbocycles. The monoisotopic (exact) mass is 286 g/mol. The molecule has 0 saturated heterocycles. The second-order valence-corrected chi connectivity index (χ2v) is 4.46. The zero-order chi connectivity index (χ0) is 14.7. The molecule has 0 fully saturated rings. The lowest BCUT2D eigenvalue weighted by molar-refractivity contribution is -0.119. The Hall–Kier alpha value is -2.74. The molecule has 3 rings (SSSR count). The zero-order valence-electron chi connectivity index (χ0n) is 11.2. The summed E-state index contributed by atoms with van der Waals surface area (Å²) in [5.41, 5.74) is 7.40. The van der Waals surface area contributed by atoms with Crippen LogP contribution in [-0.4, -0.2) is 32.4 Å². The molecule has 3 N–H and O–H groups in total. The summed E-state index contributed by atoms with van der Waals surface area (Å²) in [6.45, 7) is 0.632. The number of nitrogens with zero attached hydrogens (tertiary/aromatic N) is 4. The smallest absolute Gasteiger partial charge is 0.234 e. The maximum atomic E-state index is 11.1. The van der Waals surface area contributed by atoms with Crippen molar-refractivity contribution in [1.82, 2.24) is 25.3 Å². The molecular formula is C13H14N6O2. The number of carbonyl (C=O) groups is 1. The predicted molar refractivity (Wildman–Crippen MR) is 74.0 cm³/mol. The molecule has 0 atom stereocenters. The van der Waals surface area contributed by atoms with Crippen LogP contribution in [0, 0.1) is 0 Å². The molecule has 0 aliphatic heterocycles. The highest BCUT2D eigenvalue weighted by atomic mass is 16.3. The van der Waals surface area contributed by atoms with Crippen molar-refractivity contribution < 1.29 is 9.21 Å². The van der Waals surface area contributed by atoms with Crippen LogP contribution >= 0.6 is 0 Å². The number of fused-ring (bicyclic) bond motifs is 1. The minimum absolute atomic E-state index is 0.0446. The molecule has 0 radical (unpaired) electrons. The summed E-state index contributed by atoms with van der Waals surface area (Å²) in [5.74, 6) is 0.321. The summed E-state index contributed by atoms with van der Waals surface area (Å²) in [5, 5.41) is 10.6. The number of carbonyl (C=O) groups excluding carboxylic acids is 1. The van der Waals surface area contributed by atoms with Gasteiger partial charge in [-0.2, -0.15) is 0 Å². The number of benzene rings is 1. The van der Waals surface area contributed by atoms with E-state index in [0.29, 0.717) is 24.7 Å². The van der Waals surface area contributed by atoms with Crippen LogP contribution in [0.5, 0.6) is 0 Å². The number of oxazole rings is 1. The summed E-state index contributed by atoms with van der Waals surface area (Å²) in [6, 6.07) is 7.55. The van der Waals surface area contributed by atoms with Crippen molar-refractivity contribution in [2.75, 3.05) is 6.54 Å². The standard InChI is InChI=1S/C13H14N6O2/c14-5-12(20)15-6-9-7-19(18-17-9)8-13-16-10-3-1-2-4-11(10)21-13/h1-4,7H,5-6,8,14H2,(H,15,20). The average Bonchev–Trinajstić information content (AvgIpc) is 3.10. The molecule has 21 heavy (non-hydrogen) atoms. The Morgan fingerprint density at radius 3 is 3.05 bits per heavy atom. The highest BCUT2D eigenvalue weighted by molar-refractivity contribution is 5.77. The van der Waals surface area contributed by atoms with Crippen molar-refractivity contribution in [3.05, 3.63) is 42.0 Å². The normalized spacial score (nSPS) is 10.9. The lowest BCUT2D eigenvalue weighted by Crippen LogP contribution is -2.29. The van der Waals surface area contributed by atoms with Gasteiger partial charge in [-0.15, -0.1) is 5.10 Å². The average molecular weight is 286 g/mol. The highest BCUT2D eigenvalue weighted by Crippen LogP contribution is 2.15. The van der Waals surface area contributed by atoms with E-state index in [4.69, 9.17) is 10.2 Å². The minimum Gasteiger partial charge on any atom is -0.439 e. The third kappa shape index (κ3) is 3.06. The summed E-state index contributed by atoms with van der Waals surface area (Å²) < 4.78 is 7.22. The Morgan fingerprint density at radius 2 is 2.24 bits per heavy atom. The summed E-state index contributed by atoms with van der Waals surface area (Å²) >= 11 is 0. The van der Waals surface area contributed by atoms with E-state index >= 15 is 0 Å². The fourth-order valence-electron chi connectivity index (χ4n) is 1.88. The molecule has 0 aliphatic rings. The summed E-state index contributed by atoms with van der Waals surface area (Å²) in [6.07, 6.45) is 1.73. The first-order chi connectivity index (χ1) is 10.2. The maximum Gasteiger partial charge on any atom is 0.234 e. The van der Waals surface area contributed by atoms with E-state index in [1.165, 1.54) is 0 Å². The molecule has 1 amide bonds. The topological polar surface area (TPSA) is 112 Å². The van der Waals surface area contributed by atoms with Crippen LogP contribution in [0.1, 0.15) is 11.6 Å². The van der Waals surface area contributed by atoms with Crippen LogP contribution in [0.25, 0.3) is 11.1 Å². The number of para-hydroxylation sites is 2. The largest absolute Gasteiger partial charge is 0.439 e. The number of amides is 1. The van der Waals surface area contributed by atoms with Crippen LogP contribution in [-0.2, 0) is 17.9 Å². The first kappa shape index (κ1) is 13.3. The van der Waals surface area contributed by atoms with Crippen molar-refractivity contribution in [2.45, 2.75) is 13.1 Å². The number of aromatic nitrogens is 4. The number of nitrogens with two attached hydrogens (primary N) is 1. The Kier molecular flexibility index (Phi) is 3.61. The molecule has 0 unspecified atom stereocenters. The molecule has 2 aromatic heterocycles. The molecule has 1 aromatic carbocycles. The van der Waals surface area contributed by atoms with Gasteiger partial charge in [0.2, 0.25) is 11.8 Å². The zero-order valence-corrected chi connectivity index (χ0v) is 11.2. The number of hydrogen-bond donors (Lipinski definition) is 2. The van der Waals surface area contributed by atoms with Crippen molar-refractivity contribution in [3.8, 4) is 0 Å². The van der Waals surface area contributed by atoms with Gasteiger partial charge in [0.25, 0.3) is 0 Å². The van der Waals surface area contributed by atoms with Gasteiger partial charge in [0.15, 0.2) is 5.58 Å². The van der Waals surface area contributed by atoms with Crippen molar-refractivity contribution in [1.29, 1.82) is 0 Å². The number of rotatable bonds is 5. The van der Waals surface area contributed by atoms with E-state index in [1.54, 1.807) is 10.9 Å². The Bertz CT molecular complexity index is 730. The highest BCUT2D eigenvalue weighted by Gasteiger charge is 2.08. The predicted octanol–water partition coefficient (Wildman–Crippen LogP) is 0.0425. The quantitative estimate of drug-likeness (QED) is 0.685.